The number of nitrogens with one attached hydrogen (secondary N) is 1. The van der Waals surface area contributed by atoms with Crippen molar-refractivity contribution < 1.29 is 24.6 Å². The third-order valence-electron chi connectivity index (χ3n) is 5.00. The molecule has 0 bridgehead atoms. The largest absolute Gasteiger partial charge is 0.480 e. The maximum Gasteiger partial charge on any atom is 0.352 e. The summed E-state index contributed by atoms with van der Waals surface area (Å²) in [6.07, 6.45) is 0.674. The number of thiocarbonyl (C=S) groups is 1. The van der Waals surface area contributed by atoms with Crippen LogP contribution >= 0.6 is 35.7 Å². The lowest BCUT2D eigenvalue weighted by Crippen LogP contribution is -2.70. The van der Waals surface area contributed by atoms with Gasteiger partial charge in [0.05, 0.1) is 17.0 Å². The van der Waals surface area contributed by atoms with Gasteiger partial charge in [0, 0.05) is 17.4 Å². The number of aromatic nitrogens is 4. The van der Waals surface area contributed by atoms with Crippen LogP contribution in [0.1, 0.15) is 6.42 Å². The number of rotatable bonds is 8. The smallest absolute Gasteiger partial charge is 0.352 e. The molecular weight excluding hydrogens is 466 g/mol. The molecule has 4 atom stereocenters. The Kier molecular flexibility index (Phi) is 5.86. The van der Waals surface area contributed by atoms with Gasteiger partial charge >= 0.3 is 11.9 Å². The molecule has 1 aliphatic carbocycles. The lowest BCUT2D eigenvalue weighted by Gasteiger charge is -2.49. The maximum atomic E-state index is 12.7. The van der Waals surface area contributed by atoms with Crippen molar-refractivity contribution in [3.05, 3.63) is 11.3 Å². The number of carbonyl (C=O) groups is 3. The van der Waals surface area contributed by atoms with E-state index in [9.17, 15) is 19.5 Å². The summed E-state index contributed by atoms with van der Waals surface area (Å²) in [5.41, 5.74) is 0.438. The number of β-lactam (4-membered cyclic amide) rings is 1. The Morgan fingerprint density at radius 3 is 2.84 bits per heavy atom. The quantitative estimate of drug-likeness (QED) is 0.247. The molecular formula is C16H15N7O5S3. The van der Waals surface area contributed by atoms with Gasteiger partial charge in [0.15, 0.2) is 0 Å². The van der Waals surface area contributed by atoms with Crippen molar-refractivity contribution in [2.75, 3.05) is 11.5 Å². The fraction of sp³-hybridized carbons (Fsp3) is 0.500. The standard InChI is InChI=1S/C16H15N7O5S3/c17-2-6-1-8(6)12(29)18-10-13(26)23-11(15(27)28)7(4-30-14(10)23)5-31-16-19-20-21-22(16)3-9(24)25/h6,8,10,14H,1,3-5H2,(H,18,29)(H,24,25)(H,27,28)/t6-,8-,10?,14-/m0/s1. The van der Waals surface area contributed by atoms with Gasteiger partial charge < -0.3 is 15.5 Å². The average Bonchev–Trinajstić information content (AvgIpc) is 3.41. The zero-order chi connectivity index (χ0) is 22.3. The van der Waals surface area contributed by atoms with Crippen LogP contribution in [-0.2, 0) is 20.9 Å². The van der Waals surface area contributed by atoms with Crippen molar-refractivity contribution in [3.63, 3.8) is 0 Å². The van der Waals surface area contributed by atoms with Gasteiger partial charge in [-0.3, -0.25) is 14.5 Å². The molecule has 4 rings (SSSR count). The molecule has 2 aliphatic heterocycles. The summed E-state index contributed by atoms with van der Waals surface area (Å²) < 4.78 is 1.11. The zero-order valence-corrected chi connectivity index (χ0v) is 18.1. The van der Waals surface area contributed by atoms with E-state index in [1.807, 2.05) is 0 Å². The molecule has 2 fully saturated rings. The number of carboxylic acid groups (broad SMARTS) is 2. The number of hydrogen-bond acceptors (Lipinski definition) is 10. The van der Waals surface area contributed by atoms with Gasteiger partial charge in [0.25, 0.3) is 5.91 Å². The summed E-state index contributed by atoms with van der Waals surface area (Å²) in [7, 11) is 0. The summed E-state index contributed by atoms with van der Waals surface area (Å²) in [6.45, 7) is -0.414. The Labute approximate surface area is 189 Å². The minimum absolute atomic E-state index is 0.0475. The van der Waals surface area contributed by atoms with Crippen LogP contribution in [0.25, 0.3) is 0 Å². The molecule has 1 saturated carbocycles. The van der Waals surface area contributed by atoms with Crippen molar-refractivity contribution in [3.8, 4) is 6.07 Å². The number of hydrogen-bond donors (Lipinski definition) is 3. The highest BCUT2D eigenvalue weighted by Gasteiger charge is 2.55. The van der Waals surface area contributed by atoms with Crippen LogP contribution in [0, 0.1) is 23.2 Å². The summed E-state index contributed by atoms with van der Waals surface area (Å²) in [4.78, 5) is 37.2. The zero-order valence-electron chi connectivity index (χ0n) is 15.7. The lowest BCUT2D eigenvalue weighted by molar-refractivity contribution is -0.148. The third kappa shape index (κ3) is 4.10. The second-order valence-electron chi connectivity index (χ2n) is 7.03. The SMILES string of the molecule is N#C[C@@H]1C[C@@H]1C(=S)NC1C(=O)N2C(C(=O)O)=C(CSc3nnnn3CC(=O)O)CS[C@@H]12. The van der Waals surface area contributed by atoms with Gasteiger partial charge in [-0.15, -0.1) is 16.9 Å². The number of fused-ring (bicyclic) bond motifs is 1. The number of thioether (sulfide) groups is 2. The molecule has 0 radical (unpaired) electrons. The molecule has 0 spiro atoms. The third-order valence-corrected chi connectivity index (χ3v) is 7.80. The second kappa shape index (κ2) is 8.44. The Bertz CT molecular complexity index is 1050. The Morgan fingerprint density at radius 1 is 1.42 bits per heavy atom. The topological polar surface area (TPSA) is 174 Å². The fourth-order valence-electron chi connectivity index (χ4n) is 3.36. The van der Waals surface area contributed by atoms with E-state index in [4.69, 9.17) is 22.6 Å². The highest BCUT2D eigenvalue weighted by atomic mass is 32.2. The van der Waals surface area contributed by atoms with E-state index in [1.54, 1.807) is 0 Å². The predicted octanol–water partition coefficient (Wildman–Crippen LogP) is -0.451. The van der Waals surface area contributed by atoms with Crippen LogP contribution in [0.3, 0.4) is 0 Å². The van der Waals surface area contributed by atoms with Crippen LogP contribution in [0.5, 0.6) is 0 Å². The van der Waals surface area contributed by atoms with Crippen LogP contribution in [-0.4, -0.2) is 81.1 Å². The lowest BCUT2D eigenvalue weighted by atomic mass is 10.0. The van der Waals surface area contributed by atoms with E-state index in [-0.39, 0.29) is 34.3 Å². The second-order valence-corrected chi connectivity index (χ2v) is 9.52. The number of nitriles is 1. The van der Waals surface area contributed by atoms with Gasteiger partial charge in [-0.2, -0.15) is 5.26 Å². The molecule has 31 heavy (non-hydrogen) atoms. The molecule has 15 heteroatoms. The highest BCUT2D eigenvalue weighted by Crippen LogP contribution is 2.43. The molecule has 1 aromatic heterocycles. The van der Waals surface area contributed by atoms with Gasteiger partial charge in [0.1, 0.15) is 23.7 Å². The first kappa shape index (κ1) is 21.5. The number of tetrazole rings is 1. The van der Waals surface area contributed by atoms with Gasteiger partial charge in [-0.05, 0) is 22.4 Å². The Hall–Kier alpha value is -2.70. The summed E-state index contributed by atoms with van der Waals surface area (Å²) in [5, 5.41) is 41.2. The number of carboxylic acids is 2. The van der Waals surface area contributed by atoms with E-state index in [0.29, 0.717) is 22.7 Å². The van der Waals surface area contributed by atoms with Crippen LogP contribution in [0.2, 0.25) is 0 Å². The normalized spacial score (nSPS) is 26.5. The van der Waals surface area contributed by atoms with Gasteiger partial charge in [0.2, 0.25) is 5.16 Å². The monoisotopic (exact) mass is 481 g/mol. The first-order chi connectivity index (χ1) is 14.8. The highest BCUT2D eigenvalue weighted by molar-refractivity contribution is 8.01. The van der Waals surface area contributed by atoms with Crippen LogP contribution < -0.4 is 5.32 Å². The molecule has 3 N–H and O–H groups in total. The van der Waals surface area contributed by atoms with Crippen molar-refractivity contribution in [2.45, 2.75) is 29.5 Å². The van der Waals surface area contributed by atoms with Crippen molar-refractivity contribution in [1.29, 1.82) is 5.26 Å². The van der Waals surface area contributed by atoms with Crippen molar-refractivity contribution in [2.24, 2.45) is 11.8 Å². The van der Waals surface area contributed by atoms with E-state index in [1.165, 1.54) is 16.7 Å². The molecule has 12 nitrogen and oxygen atoms in total. The number of nitrogens with zero attached hydrogens (tertiary/aromatic N) is 6. The Morgan fingerprint density at radius 2 is 2.19 bits per heavy atom. The van der Waals surface area contributed by atoms with E-state index in [0.717, 1.165) is 16.4 Å². The first-order valence-corrected chi connectivity index (χ1v) is 11.5. The number of amides is 1. The predicted molar refractivity (Wildman–Crippen MR) is 111 cm³/mol. The number of aliphatic carboxylic acids is 2. The molecule has 162 valence electrons. The fourth-order valence-corrected chi connectivity index (χ4v) is 6.11. The minimum Gasteiger partial charge on any atom is -0.480 e. The molecule has 3 aliphatic rings. The molecule has 1 unspecified atom stereocenters. The van der Waals surface area contributed by atoms with E-state index >= 15 is 0 Å². The molecule has 1 aromatic rings. The van der Waals surface area contributed by atoms with Crippen LogP contribution in [0.4, 0.5) is 0 Å². The van der Waals surface area contributed by atoms with Crippen LogP contribution in [0.15, 0.2) is 16.4 Å². The van der Waals surface area contributed by atoms with Gasteiger partial charge in [-0.1, -0.05) is 24.0 Å². The van der Waals surface area contributed by atoms with E-state index in [2.05, 4.69) is 26.9 Å². The van der Waals surface area contributed by atoms with Crippen molar-refractivity contribution >= 4 is 58.6 Å². The summed E-state index contributed by atoms with van der Waals surface area (Å²) in [5.74, 6) is -2.32. The summed E-state index contributed by atoms with van der Waals surface area (Å²) >= 11 is 7.82. The molecule has 0 aromatic carbocycles. The number of carbonyl (C=O) groups excluding carboxylic acids is 1. The van der Waals surface area contributed by atoms with E-state index < -0.39 is 29.9 Å². The average molecular weight is 482 g/mol. The first-order valence-electron chi connectivity index (χ1n) is 9.02. The summed E-state index contributed by atoms with van der Waals surface area (Å²) in [6, 6.07) is 1.53. The minimum atomic E-state index is -1.22. The maximum absolute atomic E-state index is 12.7. The molecule has 1 amide bonds. The molecule has 1 saturated heterocycles. The molecule has 3 heterocycles. The van der Waals surface area contributed by atoms with Crippen molar-refractivity contribution in [1.82, 2.24) is 30.4 Å². The Balaban J connectivity index is 1.45. The van der Waals surface area contributed by atoms with Gasteiger partial charge in [-0.25, -0.2) is 9.48 Å².